The van der Waals surface area contributed by atoms with Gasteiger partial charge in [-0.25, -0.2) is 0 Å². The van der Waals surface area contributed by atoms with E-state index in [1.54, 1.807) is 31.0 Å². The Bertz CT molecular complexity index is 2950. The third kappa shape index (κ3) is 11.3. The number of esters is 1. The molecular formula is C55H51Cl3N6O4S. The number of aryl methyl sites for hydroxylation is 2. The van der Waals surface area contributed by atoms with Gasteiger partial charge in [0, 0.05) is 94.5 Å². The number of aromatic nitrogens is 4. The molecule has 4 aromatic heterocycles. The molecule has 2 amide bonds. The van der Waals surface area contributed by atoms with Crippen LogP contribution < -0.4 is 0 Å². The lowest BCUT2D eigenvalue weighted by atomic mass is 9.88. The van der Waals surface area contributed by atoms with E-state index in [0.29, 0.717) is 39.0 Å². The molecule has 69 heavy (non-hydrogen) atoms. The molecular weight excluding hydrogens is 947 g/mol. The van der Waals surface area contributed by atoms with E-state index in [1.807, 2.05) is 64.5 Å². The first-order valence-electron chi connectivity index (χ1n) is 23.3. The van der Waals surface area contributed by atoms with Gasteiger partial charge in [-0.2, -0.15) is 0 Å². The summed E-state index contributed by atoms with van der Waals surface area (Å²) in [6.07, 6.45) is 17.9. The highest BCUT2D eigenvalue weighted by atomic mass is 35.5. The molecule has 10 rings (SSSR count). The van der Waals surface area contributed by atoms with Crippen LogP contribution in [-0.4, -0.2) is 86.6 Å². The highest BCUT2D eigenvalue weighted by Crippen LogP contribution is 2.42. The number of ether oxygens (including phenoxy) is 1. The van der Waals surface area contributed by atoms with Crippen molar-refractivity contribution < 1.29 is 19.1 Å². The van der Waals surface area contributed by atoms with Crippen molar-refractivity contribution in [2.24, 2.45) is 0 Å². The van der Waals surface area contributed by atoms with Crippen LogP contribution in [0.4, 0.5) is 0 Å². The Morgan fingerprint density at radius 1 is 0.594 bits per heavy atom. The van der Waals surface area contributed by atoms with E-state index in [4.69, 9.17) is 49.5 Å². The third-order valence-corrected chi connectivity index (χ3v) is 15.2. The first-order chi connectivity index (χ1) is 33.6. The Kier molecular flexibility index (Phi) is 15.6. The topological polar surface area (TPSA) is 118 Å². The molecule has 0 atom stereocenters. The molecule has 352 valence electrons. The average molecular weight is 998 g/mol. The summed E-state index contributed by atoms with van der Waals surface area (Å²) in [6.45, 7) is 2.76. The fourth-order valence-electron chi connectivity index (χ4n) is 9.83. The Morgan fingerprint density at radius 2 is 1.09 bits per heavy atom. The van der Waals surface area contributed by atoms with E-state index in [2.05, 4.69) is 34.2 Å². The smallest absolute Gasteiger partial charge is 0.315 e. The standard InChI is InChI=1S/C29H28ClN3O3S.C26H23Cl2N3O/c1-36-27(35)18-37-25-8-12-32-29-24(25)6-4-21-16-22(30)5-7-23(21)28(29)20-9-13-33(14-10-20)26(34)15-19-3-2-11-31-17-19;27-20-4-6-21-19(15-20)3-5-22-23(28)7-11-30-26(22)25(21)18-8-12-31(13-9-18)24(32)14-17-2-1-10-29-16-17/h2-3,5,7-8,11-12,16-17H,4,6,9-10,13-15,18H2,1H3;1-2,4,6-7,10-11,15-16H,3,5,8-9,12-14H2. The van der Waals surface area contributed by atoms with E-state index >= 15 is 0 Å². The van der Waals surface area contributed by atoms with E-state index in [-0.39, 0.29) is 23.5 Å². The third-order valence-electron chi connectivity index (χ3n) is 13.3. The number of carbonyl (C=O) groups excluding carboxylic acids is 3. The van der Waals surface area contributed by atoms with Gasteiger partial charge >= 0.3 is 5.97 Å². The summed E-state index contributed by atoms with van der Waals surface area (Å²) >= 11 is 20.8. The monoisotopic (exact) mass is 996 g/mol. The van der Waals surface area contributed by atoms with Crippen LogP contribution >= 0.6 is 46.6 Å². The zero-order valence-corrected chi connectivity index (χ0v) is 41.4. The van der Waals surface area contributed by atoms with Gasteiger partial charge in [-0.3, -0.25) is 34.3 Å². The van der Waals surface area contributed by atoms with Gasteiger partial charge in [0.15, 0.2) is 0 Å². The number of hydrogen-bond donors (Lipinski definition) is 0. The average Bonchev–Trinajstić information content (AvgIpc) is 3.65. The van der Waals surface area contributed by atoms with Gasteiger partial charge in [-0.05, 0) is 144 Å². The predicted octanol–water partition coefficient (Wildman–Crippen LogP) is 10.7. The number of fused-ring (bicyclic) bond motifs is 4. The Balaban J connectivity index is 0.000000174. The maximum absolute atomic E-state index is 13.0. The minimum atomic E-state index is -0.249. The molecule has 4 aliphatic rings. The van der Waals surface area contributed by atoms with Crippen LogP contribution in [0.3, 0.4) is 0 Å². The highest BCUT2D eigenvalue weighted by molar-refractivity contribution is 8.00. The predicted molar refractivity (Wildman–Crippen MR) is 273 cm³/mol. The van der Waals surface area contributed by atoms with Gasteiger partial charge in [0.2, 0.25) is 11.8 Å². The first-order valence-corrected chi connectivity index (χ1v) is 25.4. The minimum absolute atomic E-state index is 0.130. The second kappa shape index (κ2) is 22.3. The molecule has 6 heterocycles. The van der Waals surface area contributed by atoms with Crippen LogP contribution in [0.25, 0.3) is 11.1 Å². The van der Waals surface area contributed by atoms with Crippen molar-refractivity contribution in [1.82, 2.24) is 29.7 Å². The van der Waals surface area contributed by atoms with Crippen LogP contribution in [0, 0.1) is 0 Å². The Labute approximate surface area is 422 Å². The SMILES string of the molecule is COC(=O)CSc1ccnc2c1CCc1cc(Cl)ccc1C2=C1CCN(C(=O)Cc2cccnc2)CC1.O=C(Cc1cccnc1)N1CCC(=C2c3ccc(Cl)cc3CCc3c(Cl)ccnc32)CC1. The van der Waals surface area contributed by atoms with Crippen LogP contribution in [0.1, 0.15) is 81.6 Å². The quantitative estimate of drug-likeness (QED) is 0.114. The van der Waals surface area contributed by atoms with Crippen LogP contribution in [0.15, 0.2) is 126 Å². The molecule has 10 nitrogen and oxygen atoms in total. The number of halogens is 3. The van der Waals surface area contributed by atoms with Crippen molar-refractivity contribution in [2.45, 2.75) is 69.1 Å². The van der Waals surface area contributed by atoms with Gasteiger partial charge in [-0.1, -0.05) is 70.2 Å². The minimum Gasteiger partial charge on any atom is -0.468 e. The number of pyridine rings is 4. The van der Waals surface area contributed by atoms with Crippen LogP contribution in [-0.2, 0) is 57.6 Å². The molecule has 2 aliphatic carbocycles. The molecule has 0 bridgehead atoms. The van der Waals surface area contributed by atoms with Gasteiger partial charge in [0.05, 0.1) is 37.1 Å². The number of nitrogens with zero attached hydrogens (tertiary/aromatic N) is 6. The lowest BCUT2D eigenvalue weighted by Crippen LogP contribution is -2.37. The summed E-state index contributed by atoms with van der Waals surface area (Å²) in [4.78, 5) is 60.4. The van der Waals surface area contributed by atoms with E-state index < -0.39 is 0 Å². The maximum atomic E-state index is 13.0. The fourth-order valence-corrected chi connectivity index (χ4v) is 11.4. The number of amides is 2. The van der Waals surface area contributed by atoms with Gasteiger partial charge in [0.1, 0.15) is 0 Å². The van der Waals surface area contributed by atoms with Crippen molar-refractivity contribution in [3.8, 4) is 0 Å². The Hall–Kier alpha value is -5.85. The summed E-state index contributed by atoms with van der Waals surface area (Å²) in [5, 5.41) is 2.23. The molecule has 0 N–H and O–H groups in total. The van der Waals surface area contributed by atoms with Gasteiger partial charge in [-0.15, -0.1) is 11.8 Å². The van der Waals surface area contributed by atoms with Crippen LogP contribution in [0.5, 0.6) is 0 Å². The van der Waals surface area contributed by atoms with Crippen molar-refractivity contribution in [1.29, 1.82) is 0 Å². The van der Waals surface area contributed by atoms with Crippen molar-refractivity contribution in [3.63, 3.8) is 0 Å². The fraction of sp³-hybridized carbons (Fsp3) is 0.291. The number of methoxy groups -OCH3 is 1. The van der Waals surface area contributed by atoms with Gasteiger partial charge < -0.3 is 14.5 Å². The number of hydrogen-bond acceptors (Lipinski definition) is 9. The number of piperidine rings is 2. The molecule has 2 fully saturated rings. The number of thioether (sulfide) groups is 1. The molecule has 0 unspecified atom stereocenters. The molecule has 0 radical (unpaired) electrons. The number of carbonyl (C=O) groups is 3. The second-order valence-corrected chi connectivity index (χ2v) is 19.8. The van der Waals surface area contributed by atoms with E-state index in [9.17, 15) is 14.4 Å². The molecule has 6 aromatic rings. The molecule has 0 spiro atoms. The highest BCUT2D eigenvalue weighted by Gasteiger charge is 2.30. The lowest BCUT2D eigenvalue weighted by Gasteiger charge is -2.30. The zero-order valence-electron chi connectivity index (χ0n) is 38.4. The maximum Gasteiger partial charge on any atom is 0.315 e. The summed E-state index contributed by atoms with van der Waals surface area (Å²) in [5.74, 6) is 0.286. The van der Waals surface area contributed by atoms with E-state index in [1.165, 1.54) is 52.3 Å². The number of likely N-dealkylation sites (tertiary alicyclic amines) is 2. The summed E-state index contributed by atoms with van der Waals surface area (Å²) in [6, 6.07) is 23.7. The zero-order chi connectivity index (χ0) is 47.9. The molecule has 14 heteroatoms. The second-order valence-electron chi connectivity index (χ2n) is 17.5. The first kappa shape index (κ1) is 48.2. The molecule has 2 aromatic carbocycles. The Morgan fingerprint density at radius 3 is 1.58 bits per heavy atom. The molecule has 0 saturated carbocycles. The lowest BCUT2D eigenvalue weighted by molar-refractivity contribution is -0.137. The summed E-state index contributed by atoms with van der Waals surface area (Å²) < 4.78 is 4.85. The van der Waals surface area contributed by atoms with Crippen molar-refractivity contribution in [2.75, 3.05) is 39.0 Å². The van der Waals surface area contributed by atoms with Crippen molar-refractivity contribution in [3.05, 3.63) is 192 Å². The largest absolute Gasteiger partial charge is 0.468 e. The summed E-state index contributed by atoms with van der Waals surface area (Å²) in [7, 11) is 1.41. The summed E-state index contributed by atoms with van der Waals surface area (Å²) in [5.41, 5.74) is 15.8. The van der Waals surface area contributed by atoms with E-state index in [0.717, 1.165) is 116 Å². The van der Waals surface area contributed by atoms with Gasteiger partial charge in [0.25, 0.3) is 0 Å². The normalized spacial score (nSPS) is 15.4. The molecule has 2 saturated heterocycles. The number of benzene rings is 2. The van der Waals surface area contributed by atoms with Crippen molar-refractivity contribution >= 4 is 75.5 Å². The molecule has 2 aliphatic heterocycles. The number of rotatable bonds is 7. The van der Waals surface area contributed by atoms with Crippen LogP contribution in [0.2, 0.25) is 15.1 Å².